The van der Waals surface area contributed by atoms with E-state index in [1.165, 1.54) is 10.5 Å². The highest BCUT2D eigenvalue weighted by atomic mass is 16.6. The van der Waals surface area contributed by atoms with Crippen molar-refractivity contribution in [2.45, 2.75) is 32.7 Å². The van der Waals surface area contributed by atoms with Crippen LogP contribution in [0, 0.1) is 11.3 Å². The topological polar surface area (TPSA) is 53.3 Å². The van der Waals surface area contributed by atoms with Crippen LogP contribution < -0.4 is 4.90 Å². The molecule has 0 spiro atoms. The van der Waals surface area contributed by atoms with Gasteiger partial charge in [0.2, 0.25) is 0 Å². The number of hydrogen-bond donors (Lipinski definition) is 0. The Morgan fingerprint density at radius 3 is 2.85 bits per heavy atom. The highest BCUT2D eigenvalue weighted by Crippen LogP contribution is 2.32. The fourth-order valence-electron chi connectivity index (χ4n) is 2.22. The SMILES string of the molecule is CCOC(=O)N1c2ccc(C(C)C)cc2C=C[C@@H]1C#N. The molecule has 1 aromatic rings. The molecule has 1 amide bonds. The molecule has 0 unspecified atom stereocenters. The lowest BCUT2D eigenvalue weighted by molar-refractivity contribution is 0.159. The lowest BCUT2D eigenvalue weighted by atomic mass is 9.96. The molecule has 0 saturated carbocycles. The van der Waals surface area contributed by atoms with Crippen LogP contribution in [0.5, 0.6) is 0 Å². The van der Waals surface area contributed by atoms with Crippen molar-refractivity contribution < 1.29 is 9.53 Å². The summed E-state index contributed by atoms with van der Waals surface area (Å²) in [5.41, 5.74) is 2.87. The summed E-state index contributed by atoms with van der Waals surface area (Å²) < 4.78 is 5.05. The maximum atomic E-state index is 12.1. The standard InChI is InChI=1S/C16H18N2O2/c1-4-20-16(19)18-14(10-17)7-5-13-9-12(11(2)3)6-8-15(13)18/h5-9,11,14H,4H2,1-3H3/t14-/m1/s1. The summed E-state index contributed by atoms with van der Waals surface area (Å²) in [6, 6.07) is 7.42. The molecule has 104 valence electrons. The van der Waals surface area contributed by atoms with Crippen LogP contribution in [0.25, 0.3) is 6.08 Å². The van der Waals surface area contributed by atoms with Gasteiger partial charge in [-0.15, -0.1) is 0 Å². The van der Waals surface area contributed by atoms with Crippen LogP contribution in [0.4, 0.5) is 10.5 Å². The van der Waals surface area contributed by atoms with E-state index in [0.717, 1.165) is 11.3 Å². The molecule has 0 aromatic heterocycles. The number of amides is 1. The normalized spacial score (nSPS) is 16.8. The molecule has 20 heavy (non-hydrogen) atoms. The van der Waals surface area contributed by atoms with Gasteiger partial charge in [-0.05, 0) is 42.2 Å². The zero-order chi connectivity index (χ0) is 14.7. The third kappa shape index (κ3) is 2.53. The Labute approximate surface area is 119 Å². The molecule has 4 nitrogen and oxygen atoms in total. The fourth-order valence-corrected chi connectivity index (χ4v) is 2.22. The number of carbonyl (C=O) groups is 1. The van der Waals surface area contributed by atoms with E-state index < -0.39 is 12.1 Å². The van der Waals surface area contributed by atoms with Crippen molar-refractivity contribution >= 4 is 17.9 Å². The van der Waals surface area contributed by atoms with Crippen LogP contribution in [-0.2, 0) is 4.74 Å². The minimum atomic E-state index is -0.619. The van der Waals surface area contributed by atoms with Crippen LogP contribution in [0.2, 0.25) is 0 Å². The smallest absolute Gasteiger partial charge is 0.415 e. The molecule has 0 radical (unpaired) electrons. The summed E-state index contributed by atoms with van der Waals surface area (Å²) in [6.45, 7) is 6.28. The van der Waals surface area contributed by atoms with Crippen molar-refractivity contribution in [3.05, 3.63) is 35.4 Å². The lowest BCUT2D eigenvalue weighted by Crippen LogP contribution is -2.40. The first kappa shape index (κ1) is 14.1. The van der Waals surface area contributed by atoms with Crippen molar-refractivity contribution in [3.8, 4) is 6.07 Å². The third-order valence-electron chi connectivity index (χ3n) is 3.31. The van der Waals surface area contributed by atoms with Gasteiger partial charge in [0.15, 0.2) is 0 Å². The first-order valence-corrected chi connectivity index (χ1v) is 6.76. The number of benzene rings is 1. The number of nitrogens with zero attached hydrogens (tertiary/aromatic N) is 2. The Morgan fingerprint density at radius 1 is 1.50 bits per heavy atom. The van der Waals surface area contributed by atoms with Gasteiger partial charge in [0.05, 0.1) is 18.4 Å². The van der Waals surface area contributed by atoms with Crippen LogP contribution in [-0.4, -0.2) is 18.7 Å². The Morgan fingerprint density at radius 2 is 2.25 bits per heavy atom. The van der Waals surface area contributed by atoms with Crippen molar-refractivity contribution in [2.24, 2.45) is 0 Å². The largest absolute Gasteiger partial charge is 0.449 e. The minimum absolute atomic E-state index is 0.288. The van der Waals surface area contributed by atoms with Gasteiger partial charge in [-0.25, -0.2) is 4.79 Å². The second-order valence-electron chi connectivity index (χ2n) is 4.97. The van der Waals surface area contributed by atoms with E-state index in [4.69, 9.17) is 4.74 Å². The van der Waals surface area contributed by atoms with Crippen molar-refractivity contribution in [1.29, 1.82) is 5.26 Å². The molecule has 1 heterocycles. The number of ether oxygens (including phenoxy) is 1. The van der Waals surface area contributed by atoms with E-state index in [9.17, 15) is 10.1 Å². The van der Waals surface area contributed by atoms with Gasteiger partial charge in [-0.3, -0.25) is 4.90 Å². The second kappa shape index (κ2) is 5.79. The van der Waals surface area contributed by atoms with Crippen LogP contribution >= 0.6 is 0 Å². The Bertz CT molecular complexity index is 585. The number of fused-ring (bicyclic) bond motifs is 1. The summed E-state index contributed by atoms with van der Waals surface area (Å²) in [5.74, 6) is 0.415. The zero-order valence-corrected chi connectivity index (χ0v) is 12.0. The van der Waals surface area contributed by atoms with Crippen LogP contribution in [0.1, 0.15) is 37.8 Å². The van der Waals surface area contributed by atoms with Crippen molar-refractivity contribution in [3.63, 3.8) is 0 Å². The fraction of sp³-hybridized carbons (Fsp3) is 0.375. The minimum Gasteiger partial charge on any atom is -0.449 e. The van der Waals surface area contributed by atoms with Gasteiger partial charge < -0.3 is 4.74 Å². The number of carbonyl (C=O) groups excluding carboxylic acids is 1. The van der Waals surface area contributed by atoms with Gasteiger partial charge in [-0.1, -0.05) is 26.0 Å². The first-order valence-electron chi connectivity index (χ1n) is 6.76. The third-order valence-corrected chi connectivity index (χ3v) is 3.31. The molecule has 1 aliphatic rings. The van der Waals surface area contributed by atoms with E-state index in [1.807, 2.05) is 18.2 Å². The Hall–Kier alpha value is -2.28. The van der Waals surface area contributed by atoms with E-state index in [1.54, 1.807) is 13.0 Å². The molecule has 1 atom stereocenters. The molecule has 1 aromatic carbocycles. The van der Waals surface area contributed by atoms with E-state index >= 15 is 0 Å². The average molecular weight is 270 g/mol. The monoisotopic (exact) mass is 270 g/mol. The Balaban J connectivity index is 2.45. The van der Waals surface area contributed by atoms with Gasteiger partial charge in [0.25, 0.3) is 0 Å². The lowest BCUT2D eigenvalue weighted by Gasteiger charge is -2.29. The summed E-state index contributed by atoms with van der Waals surface area (Å²) >= 11 is 0. The molecule has 0 fully saturated rings. The van der Waals surface area contributed by atoms with E-state index in [0.29, 0.717) is 5.92 Å². The maximum absolute atomic E-state index is 12.1. The quantitative estimate of drug-likeness (QED) is 0.823. The van der Waals surface area contributed by atoms with Gasteiger partial charge in [0, 0.05) is 0 Å². The highest BCUT2D eigenvalue weighted by molar-refractivity contribution is 5.94. The number of hydrogen-bond acceptors (Lipinski definition) is 3. The first-order chi connectivity index (χ1) is 9.58. The maximum Gasteiger partial charge on any atom is 0.415 e. The second-order valence-corrected chi connectivity index (χ2v) is 4.97. The number of anilines is 1. The summed E-state index contributed by atoms with van der Waals surface area (Å²) in [4.78, 5) is 13.5. The molecule has 1 aliphatic heterocycles. The highest BCUT2D eigenvalue weighted by Gasteiger charge is 2.29. The average Bonchev–Trinajstić information content (AvgIpc) is 2.45. The van der Waals surface area contributed by atoms with E-state index in [-0.39, 0.29) is 6.61 Å². The van der Waals surface area contributed by atoms with E-state index in [2.05, 4.69) is 26.0 Å². The van der Waals surface area contributed by atoms with Crippen molar-refractivity contribution in [1.82, 2.24) is 0 Å². The summed E-state index contributed by atoms with van der Waals surface area (Å²) in [6.07, 6.45) is 3.13. The predicted molar refractivity (Wildman–Crippen MR) is 78.5 cm³/mol. The number of nitriles is 1. The molecule has 0 N–H and O–H groups in total. The molecule has 0 aliphatic carbocycles. The predicted octanol–water partition coefficient (Wildman–Crippen LogP) is 3.69. The van der Waals surface area contributed by atoms with Crippen LogP contribution in [0.15, 0.2) is 24.3 Å². The summed E-state index contributed by atoms with van der Waals surface area (Å²) in [5, 5.41) is 9.20. The molecule has 0 bridgehead atoms. The van der Waals surface area contributed by atoms with Gasteiger partial charge >= 0.3 is 6.09 Å². The Kier molecular flexibility index (Phi) is 4.09. The zero-order valence-electron chi connectivity index (χ0n) is 12.0. The molecule has 0 saturated heterocycles. The molecule has 2 rings (SSSR count). The molecular weight excluding hydrogens is 252 g/mol. The van der Waals surface area contributed by atoms with Crippen LogP contribution in [0.3, 0.4) is 0 Å². The molecule has 4 heteroatoms. The number of rotatable bonds is 2. The van der Waals surface area contributed by atoms with Gasteiger partial charge in [0.1, 0.15) is 6.04 Å². The summed E-state index contributed by atoms with van der Waals surface area (Å²) in [7, 11) is 0. The molecular formula is C16H18N2O2. The van der Waals surface area contributed by atoms with Crippen molar-refractivity contribution in [2.75, 3.05) is 11.5 Å². The van der Waals surface area contributed by atoms with Gasteiger partial charge in [-0.2, -0.15) is 5.26 Å².